The van der Waals surface area contributed by atoms with Gasteiger partial charge in [-0.25, -0.2) is 9.99 Å². The molecule has 0 spiro atoms. The van der Waals surface area contributed by atoms with E-state index in [-0.39, 0.29) is 6.04 Å². The number of nitrogens with one attached hydrogen (secondary N) is 2. The number of aromatic nitrogens is 2. The maximum atomic E-state index is 10.6. The molecule has 138 valence electrons. The Morgan fingerprint density at radius 1 is 1.35 bits per heavy atom. The fraction of sp³-hybridized carbons (Fsp3) is 0.389. The number of benzene rings is 1. The van der Waals surface area contributed by atoms with Crippen LogP contribution in [0.15, 0.2) is 36.7 Å². The fourth-order valence-corrected chi connectivity index (χ4v) is 3.14. The number of nitrogens with zero attached hydrogens (tertiary/aromatic N) is 4. The van der Waals surface area contributed by atoms with Crippen molar-refractivity contribution in [1.82, 2.24) is 20.4 Å². The molecule has 8 heteroatoms. The number of halogens is 1. The van der Waals surface area contributed by atoms with E-state index in [1.54, 1.807) is 12.4 Å². The van der Waals surface area contributed by atoms with E-state index in [9.17, 15) is 4.79 Å². The van der Waals surface area contributed by atoms with E-state index in [2.05, 4.69) is 25.6 Å². The highest BCUT2D eigenvalue weighted by Crippen LogP contribution is 2.21. The van der Waals surface area contributed by atoms with Gasteiger partial charge in [-0.1, -0.05) is 11.6 Å². The maximum absolute atomic E-state index is 10.6. The molecule has 7 nitrogen and oxygen atoms in total. The molecule has 0 aliphatic carbocycles. The van der Waals surface area contributed by atoms with Crippen molar-refractivity contribution in [2.45, 2.75) is 18.9 Å². The molecule has 1 aromatic heterocycles. The smallest absolute Gasteiger partial charge is 0.151 e. The molecule has 1 fully saturated rings. The van der Waals surface area contributed by atoms with Gasteiger partial charge in [0, 0.05) is 36.9 Å². The molecule has 26 heavy (non-hydrogen) atoms. The number of carbonyl (C=O) groups is 1. The molecule has 2 heterocycles. The molecule has 3 rings (SSSR count). The van der Waals surface area contributed by atoms with E-state index in [0.29, 0.717) is 17.4 Å². The van der Waals surface area contributed by atoms with Crippen molar-refractivity contribution in [2.24, 2.45) is 0 Å². The van der Waals surface area contributed by atoms with Crippen LogP contribution in [-0.4, -0.2) is 54.0 Å². The molecule has 0 radical (unpaired) electrons. The van der Waals surface area contributed by atoms with Gasteiger partial charge in [-0.3, -0.25) is 10.4 Å². The van der Waals surface area contributed by atoms with Gasteiger partial charge in [0.15, 0.2) is 5.82 Å². The molecule has 0 amide bonds. The van der Waals surface area contributed by atoms with Crippen molar-refractivity contribution in [2.75, 3.05) is 36.9 Å². The number of hydrazine groups is 1. The monoisotopic (exact) mass is 374 g/mol. The summed E-state index contributed by atoms with van der Waals surface area (Å²) in [5.74, 6) is 1.53. The summed E-state index contributed by atoms with van der Waals surface area (Å²) in [5.41, 5.74) is 4.27. The van der Waals surface area contributed by atoms with Gasteiger partial charge in [0.25, 0.3) is 0 Å². The van der Waals surface area contributed by atoms with Crippen molar-refractivity contribution < 1.29 is 4.79 Å². The third kappa shape index (κ3) is 5.14. The van der Waals surface area contributed by atoms with Crippen molar-refractivity contribution in [1.29, 1.82) is 0 Å². The van der Waals surface area contributed by atoms with E-state index >= 15 is 0 Å². The van der Waals surface area contributed by atoms with Crippen LogP contribution >= 0.6 is 11.6 Å². The number of hydrogen-bond donors (Lipinski definition) is 2. The molecule has 2 N–H and O–H groups in total. The van der Waals surface area contributed by atoms with Crippen molar-refractivity contribution >= 4 is 35.2 Å². The van der Waals surface area contributed by atoms with Gasteiger partial charge in [0.1, 0.15) is 12.1 Å². The standard InChI is InChI=1S/C18H23ClN6O/c1-24(9-10-26)23-16-3-2-8-25(13-16)18-12-20-11-17(22-18)21-15-6-4-14(19)5-7-15/h4-7,10-12,16,23H,2-3,8-9,13H2,1H3,(H,21,22)/t16-/m1/s1. The van der Waals surface area contributed by atoms with E-state index < -0.39 is 0 Å². The molecule has 1 aromatic carbocycles. The summed E-state index contributed by atoms with van der Waals surface area (Å²) in [4.78, 5) is 21.8. The van der Waals surface area contributed by atoms with Crippen molar-refractivity contribution in [3.05, 3.63) is 41.7 Å². The number of rotatable bonds is 7. The molecule has 0 unspecified atom stereocenters. The van der Waals surface area contributed by atoms with Crippen LogP contribution in [0, 0.1) is 0 Å². The lowest BCUT2D eigenvalue weighted by atomic mass is 10.1. The number of likely N-dealkylation sites (N-methyl/N-ethyl adjacent to an activating group) is 1. The number of anilines is 3. The summed E-state index contributed by atoms with van der Waals surface area (Å²) in [7, 11) is 1.88. The Morgan fingerprint density at radius 2 is 2.15 bits per heavy atom. The molecule has 0 bridgehead atoms. The van der Waals surface area contributed by atoms with E-state index in [1.807, 2.05) is 36.3 Å². The minimum Gasteiger partial charge on any atom is -0.354 e. The average Bonchev–Trinajstić information content (AvgIpc) is 2.64. The molecular formula is C18H23ClN6O. The lowest BCUT2D eigenvalue weighted by molar-refractivity contribution is -0.109. The molecule has 1 saturated heterocycles. The average molecular weight is 375 g/mol. The SMILES string of the molecule is CN(CC=O)N[C@@H]1CCCN(c2cncc(Nc3ccc(Cl)cc3)n2)C1. The van der Waals surface area contributed by atoms with Crippen LogP contribution in [0.25, 0.3) is 0 Å². The third-order valence-electron chi connectivity index (χ3n) is 4.24. The summed E-state index contributed by atoms with van der Waals surface area (Å²) in [6.45, 7) is 2.13. The van der Waals surface area contributed by atoms with Crippen molar-refractivity contribution in [3.63, 3.8) is 0 Å². The normalized spacial score (nSPS) is 17.3. The summed E-state index contributed by atoms with van der Waals surface area (Å²) >= 11 is 5.92. The summed E-state index contributed by atoms with van der Waals surface area (Å²) in [6, 6.07) is 7.75. The van der Waals surface area contributed by atoms with Gasteiger partial charge in [-0.05, 0) is 37.1 Å². The maximum Gasteiger partial charge on any atom is 0.151 e. The van der Waals surface area contributed by atoms with Crippen molar-refractivity contribution in [3.8, 4) is 0 Å². The van der Waals surface area contributed by atoms with Crippen LogP contribution in [0.5, 0.6) is 0 Å². The number of piperidine rings is 1. The Labute approximate surface area is 158 Å². The summed E-state index contributed by atoms with van der Waals surface area (Å²) in [6.07, 6.45) is 6.50. The Balaban J connectivity index is 1.65. The highest BCUT2D eigenvalue weighted by Gasteiger charge is 2.22. The largest absolute Gasteiger partial charge is 0.354 e. The Kier molecular flexibility index (Phi) is 6.38. The first kappa shape index (κ1) is 18.6. The van der Waals surface area contributed by atoms with Gasteiger partial charge < -0.3 is 15.0 Å². The molecule has 1 aliphatic heterocycles. The van der Waals surface area contributed by atoms with Crippen LogP contribution < -0.4 is 15.6 Å². The van der Waals surface area contributed by atoms with Crippen LogP contribution in [0.1, 0.15) is 12.8 Å². The quantitative estimate of drug-likeness (QED) is 0.569. The number of hydrogen-bond acceptors (Lipinski definition) is 7. The number of aldehydes is 1. The van der Waals surface area contributed by atoms with Gasteiger partial charge in [-0.2, -0.15) is 0 Å². The Morgan fingerprint density at radius 3 is 2.92 bits per heavy atom. The third-order valence-corrected chi connectivity index (χ3v) is 4.49. The van der Waals surface area contributed by atoms with E-state index in [4.69, 9.17) is 11.6 Å². The highest BCUT2D eigenvalue weighted by atomic mass is 35.5. The second kappa shape index (κ2) is 8.93. The van der Waals surface area contributed by atoms with Crippen LogP contribution in [-0.2, 0) is 4.79 Å². The van der Waals surface area contributed by atoms with E-state index in [1.165, 1.54) is 0 Å². The van der Waals surface area contributed by atoms with Gasteiger partial charge in [0.2, 0.25) is 0 Å². The minimum atomic E-state index is 0.281. The Hall–Kier alpha value is -2.22. The molecule has 0 saturated carbocycles. The zero-order valence-electron chi connectivity index (χ0n) is 14.7. The lowest BCUT2D eigenvalue weighted by Crippen LogP contribution is -2.51. The van der Waals surface area contributed by atoms with Crippen LogP contribution in [0.2, 0.25) is 5.02 Å². The number of carbonyl (C=O) groups excluding carboxylic acids is 1. The highest BCUT2D eigenvalue weighted by molar-refractivity contribution is 6.30. The zero-order chi connectivity index (χ0) is 18.4. The molecular weight excluding hydrogens is 352 g/mol. The predicted molar refractivity (Wildman–Crippen MR) is 104 cm³/mol. The lowest BCUT2D eigenvalue weighted by Gasteiger charge is -2.35. The minimum absolute atomic E-state index is 0.281. The molecule has 1 aliphatic rings. The summed E-state index contributed by atoms with van der Waals surface area (Å²) < 4.78 is 0. The Bertz CT molecular complexity index is 726. The first-order valence-electron chi connectivity index (χ1n) is 8.64. The predicted octanol–water partition coefficient (Wildman–Crippen LogP) is 2.48. The first-order valence-corrected chi connectivity index (χ1v) is 9.02. The summed E-state index contributed by atoms with van der Waals surface area (Å²) in [5, 5.41) is 5.77. The second-order valence-corrected chi connectivity index (χ2v) is 6.79. The van der Waals surface area contributed by atoms with Crippen LogP contribution in [0.4, 0.5) is 17.3 Å². The van der Waals surface area contributed by atoms with Gasteiger partial charge in [0.05, 0.1) is 18.9 Å². The molecule has 2 aromatic rings. The van der Waals surface area contributed by atoms with Crippen LogP contribution in [0.3, 0.4) is 0 Å². The molecule has 1 atom stereocenters. The second-order valence-electron chi connectivity index (χ2n) is 6.36. The fourth-order valence-electron chi connectivity index (χ4n) is 3.02. The van der Waals surface area contributed by atoms with E-state index in [0.717, 1.165) is 43.7 Å². The zero-order valence-corrected chi connectivity index (χ0v) is 15.5. The van der Waals surface area contributed by atoms with Gasteiger partial charge >= 0.3 is 0 Å². The first-order chi connectivity index (χ1) is 12.6. The topological polar surface area (TPSA) is 73.4 Å². The van der Waals surface area contributed by atoms with Gasteiger partial charge in [-0.15, -0.1) is 0 Å².